The Morgan fingerprint density at radius 3 is 1.30 bits per heavy atom. The molecule has 0 N–H and O–H groups in total. The maximum atomic E-state index is 9.96. The minimum atomic E-state index is -1.00. The molecule has 7 nitrogen and oxygen atoms in total. The van der Waals surface area contributed by atoms with Gasteiger partial charge in [-0.25, -0.2) is 0 Å². The van der Waals surface area contributed by atoms with Crippen molar-refractivity contribution in [2.24, 2.45) is 0 Å². The van der Waals surface area contributed by atoms with Gasteiger partial charge in [-0.05, 0) is 98.8 Å². The first-order valence-electron chi connectivity index (χ1n) is 13.8. The predicted molar refractivity (Wildman–Crippen MR) is 182 cm³/mol. The molecule has 0 spiro atoms. The molecule has 4 aromatic carbocycles. The van der Waals surface area contributed by atoms with Crippen molar-refractivity contribution in [2.45, 2.75) is 6.42 Å². The van der Waals surface area contributed by atoms with Crippen molar-refractivity contribution >= 4 is 79.8 Å². The SMILES string of the molecule is Clc1nc(Cl)nc(-n2c3ccccc3c3ccccc32)n1.Clc1nc(Cl)nc(Cl)n1.[2H]CF.[H-].[Na+].c1ccc2c(c1)Cc1ccccc1-2. The Hall–Kier alpha value is -2.92. The zero-order valence-electron chi connectivity index (χ0n) is 26.1. The molecule has 0 aliphatic heterocycles. The van der Waals surface area contributed by atoms with Gasteiger partial charge in [-0.3, -0.25) is 8.96 Å². The summed E-state index contributed by atoms with van der Waals surface area (Å²) in [6, 6.07) is 33.4. The monoisotopic (exact) mass is 722 g/mol. The zero-order chi connectivity index (χ0) is 32.6. The number of para-hydroxylation sites is 2. The second-order valence-corrected chi connectivity index (χ2v) is 10.9. The number of hydrogen-bond acceptors (Lipinski definition) is 6. The van der Waals surface area contributed by atoms with Gasteiger partial charge >= 0.3 is 29.6 Å². The quantitative estimate of drug-likeness (QED) is 0.169. The Morgan fingerprint density at radius 2 is 0.891 bits per heavy atom. The molecule has 14 heteroatoms. The van der Waals surface area contributed by atoms with Gasteiger partial charge in [0.1, 0.15) is 0 Å². The van der Waals surface area contributed by atoms with Gasteiger partial charge in [0.05, 0.1) is 19.6 Å². The predicted octanol–water partition coefficient (Wildman–Crippen LogP) is 7.07. The summed E-state index contributed by atoms with van der Waals surface area (Å²) in [5.74, 6) is 0.414. The molecule has 1 aliphatic carbocycles. The molecule has 0 amide bonds. The normalized spacial score (nSPS) is 11.0. The van der Waals surface area contributed by atoms with E-state index in [1.165, 1.54) is 22.3 Å². The van der Waals surface area contributed by atoms with Crippen LogP contribution < -0.4 is 29.6 Å². The molecular formula is C32H22Cl5FN7Na. The van der Waals surface area contributed by atoms with Crippen LogP contribution in [-0.4, -0.2) is 41.6 Å². The van der Waals surface area contributed by atoms with E-state index >= 15 is 0 Å². The van der Waals surface area contributed by atoms with E-state index in [2.05, 4.69) is 90.6 Å². The standard InChI is InChI=1S/C15H8Cl2N4.C13H10.C3Cl3N3.CH3F.Na.H/c16-13-18-14(17)20-15(19-13)21-11-7-3-1-5-9(11)10-6-2-4-8-12(10)21;1-3-7-12-10(5-1)9-11-6-2-4-8-13(11)12;4-1-7-2(5)9-3(6)8-1;1-2;;/h1-8H;1-8H,9H2;;1H3;;/q;;;;+1;-1/i;;;1D;;. The first-order chi connectivity index (χ1) is 22.3. The molecule has 3 aromatic heterocycles. The molecule has 228 valence electrons. The summed E-state index contributed by atoms with van der Waals surface area (Å²) in [6.45, 7) is 0. The van der Waals surface area contributed by atoms with Crippen LogP contribution >= 0.6 is 58.0 Å². The molecule has 8 rings (SSSR count). The largest absolute Gasteiger partial charge is 1.00 e. The Bertz CT molecular complexity index is 1970. The van der Waals surface area contributed by atoms with E-state index in [0.29, 0.717) is 5.95 Å². The molecular weight excluding hydrogens is 702 g/mol. The van der Waals surface area contributed by atoms with Crippen molar-refractivity contribution in [3.8, 4) is 17.1 Å². The van der Waals surface area contributed by atoms with Crippen LogP contribution in [0.15, 0.2) is 97.1 Å². The van der Waals surface area contributed by atoms with Crippen molar-refractivity contribution in [3.63, 3.8) is 0 Å². The third-order valence-electron chi connectivity index (χ3n) is 6.61. The number of alkyl halides is 1. The first kappa shape index (κ1) is 34.4. The van der Waals surface area contributed by atoms with Gasteiger partial charge in [-0.2, -0.15) is 29.9 Å². The van der Waals surface area contributed by atoms with E-state index in [0.717, 1.165) is 28.2 Å². The van der Waals surface area contributed by atoms with E-state index in [4.69, 9.17) is 59.4 Å². The van der Waals surface area contributed by atoms with Gasteiger partial charge < -0.3 is 1.43 Å². The van der Waals surface area contributed by atoms with Crippen LogP contribution in [0.1, 0.15) is 13.9 Å². The third kappa shape index (κ3) is 8.32. The smallest absolute Gasteiger partial charge is 1.00 e. The minimum Gasteiger partial charge on any atom is -1.00 e. The molecule has 0 saturated carbocycles. The molecule has 0 saturated heterocycles. The van der Waals surface area contributed by atoms with Crippen molar-refractivity contribution in [1.29, 1.82) is 0 Å². The van der Waals surface area contributed by atoms with Crippen LogP contribution in [0.4, 0.5) is 4.39 Å². The fraction of sp³-hybridized carbons (Fsp3) is 0.0625. The Morgan fingerprint density at radius 1 is 0.565 bits per heavy atom. The molecule has 0 radical (unpaired) electrons. The Kier molecular flexibility index (Phi) is 12.5. The van der Waals surface area contributed by atoms with Gasteiger partial charge in [0.25, 0.3) is 0 Å². The van der Waals surface area contributed by atoms with Gasteiger partial charge in [0.15, 0.2) is 0 Å². The average Bonchev–Trinajstić information content (AvgIpc) is 3.57. The second-order valence-electron chi connectivity index (χ2n) is 9.18. The van der Waals surface area contributed by atoms with E-state index in [1.54, 1.807) is 0 Å². The van der Waals surface area contributed by atoms with Crippen molar-refractivity contribution in [3.05, 3.63) is 135 Å². The maximum Gasteiger partial charge on any atom is 1.00 e. The first-order valence-corrected chi connectivity index (χ1v) is 15.0. The summed E-state index contributed by atoms with van der Waals surface area (Å²) in [5.41, 5.74) is 7.75. The number of halogens is 6. The van der Waals surface area contributed by atoms with Gasteiger partial charge in [-0.1, -0.05) is 84.9 Å². The summed E-state index contributed by atoms with van der Waals surface area (Å²) < 4.78 is 17.4. The van der Waals surface area contributed by atoms with E-state index in [-0.39, 0.29) is 57.4 Å². The number of hydrogen-bond donors (Lipinski definition) is 0. The van der Waals surface area contributed by atoms with E-state index in [1.807, 2.05) is 41.0 Å². The zero-order valence-corrected chi connectivity index (χ0v) is 29.8. The van der Waals surface area contributed by atoms with Crippen LogP contribution in [0.5, 0.6) is 0 Å². The van der Waals surface area contributed by atoms with Crippen molar-refractivity contribution in [1.82, 2.24) is 34.5 Å². The average molecular weight is 725 g/mol. The van der Waals surface area contributed by atoms with Crippen LogP contribution in [0.3, 0.4) is 0 Å². The van der Waals surface area contributed by atoms with Crippen molar-refractivity contribution in [2.75, 3.05) is 7.15 Å². The molecule has 46 heavy (non-hydrogen) atoms. The summed E-state index contributed by atoms with van der Waals surface area (Å²) in [6.07, 6.45) is 1.10. The molecule has 1 aliphatic rings. The van der Waals surface area contributed by atoms with E-state index < -0.39 is 7.15 Å². The van der Waals surface area contributed by atoms with Crippen LogP contribution in [-0.2, 0) is 6.42 Å². The molecule has 3 heterocycles. The van der Waals surface area contributed by atoms with Gasteiger partial charge in [0.2, 0.25) is 32.4 Å². The second kappa shape index (κ2) is 16.8. The van der Waals surface area contributed by atoms with Gasteiger partial charge in [-0.15, -0.1) is 0 Å². The Labute approximate surface area is 313 Å². The fourth-order valence-electron chi connectivity index (χ4n) is 4.94. The minimum absolute atomic E-state index is 0. The number of nitrogens with zero attached hydrogens (tertiary/aromatic N) is 7. The number of aromatic nitrogens is 7. The van der Waals surface area contributed by atoms with Crippen LogP contribution in [0.25, 0.3) is 38.9 Å². The molecule has 0 unspecified atom stereocenters. The Balaban J connectivity index is 0.000000199. The summed E-state index contributed by atoms with van der Waals surface area (Å²) >= 11 is 27.8. The summed E-state index contributed by atoms with van der Waals surface area (Å²) in [4.78, 5) is 22.6. The van der Waals surface area contributed by atoms with Crippen LogP contribution in [0.2, 0.25) is 26.4 Å². The topological polar surface area (TPSA) is 82.3 Å². The summed E-state index contributed by atoms with van der Waals surface area (Å²) in [5, 5.41) is 2.40. The molecule has 7 aromatic rings. The van der Waals surface area contributed by atoms with E-state index in [9.17, 15) is 4.39 Å². The van der Waals surface area contributed by atoms with Gasteiger partial charge in [0, 0.05) is 10.8 Å². The molecule has 0 bridgehead atoms. The maximum absolute atomic E-state index is 9.96. The number of benzene rings is 4. The molecule has 0 atom stereocenters. The van der Waals surface area contributed by atoms with Crippen molar-refractivity contribution < 1.29 is 36.7 Å². The number of fused-ring (bicyclic) bond motifs is 6. The number of rotatable bonds is 1. The summed E-state index contributed by atoms with van der Waals surface area (Å²) in [7, 11) is -1.00. The third-order valence-corrected chi connectivity index (χ3v) is 7.45. The van der Waals surface area contributed by atoms with Crippen LogP contribution in [0, 0.1) is 0 Å². The fourth-order valence-corrected chi connectivity index (χ4v) is 5.90. The molecule has 0 fully saturated rings.